The monoisotopic (exact) mass is 308 g/mol. The molecule has 1 heterocycles. The quantitative estimate of drug-likeness (QED) is 0.784. The van der Waals surface area contributed by atoms with Crippen LogP contribution in [0.15, 0.2) is 18.2 Å². The maximum absolute atomic E-state index is 12.6. The van der Waals surface area contributed by atoms with Crippen molar-refractivity contribution in [2.75, 3.05) is 18.8 Å². The van der Waals surface area contributed by atoms with E-state index >= 15 is 0 Å². The van der Waals surface area contributed by atoms with E-state index in [-0.39, 0.29) is 11.8 Å². The maximum Gasteiger partial charge on any atom is 0.255 e. The maximum atomic E-state index is 12.6. The number of halogens is 1. The van der Waals surface area contributed by atoms with E-state index in [0.29, 0.717) is 35.8 Å². The van der Waals surface area contributed by atoms with Crippen LogP contribution in [-0.2, 0) is 0 Å². The zero-order chi connectivity index (χ0) is 15.0. The van der Waals surface area contributed by atoms with Crippen LogP contribution in [-0.4, -0.2) is 34.6 Å². The molecule has 1 aromatic carbocycles. The summed E-state index contributed by atoms with van der Waals surface area (Å²) in [6, 6.07) is 4.98. The molecule has 1 aliphatic heterocycles. The van der Waals surface area contributed by atoms with Gasteiger partial charge in [0.2, 0.25) is 0 Å². The summed E-state index contributed by atoms with van der Waals surface area (Å²) >= 11 is 6.13. The molecule has 0 radical (unpaired) electrons. The second-order valence-corrected chi connectivity index (χ2v) is 6.69. The van der Waals surface area contributed by atoms with Gasteiger partial charge in [-0.05, 0) is 37.5 Å². The molecule has 2 atom stereocenters. The highest BCUT2D eigenvalue weighted by Crippen LogP contribution is 2.40. The number of anilines is 1. The number of piperidine rings is 1. The Morgan fingerprint density at radius 1 is 1.38 bits per heavy atom. The molecule has 2 unspecified atom stereocenters. The van der Waals surface area contributed by atoms with Gasteiger partial charge in [0.15, 0.2) is 0 Å². The number of amides is 1. The van der Waals surface area contributed by atoms with Crippen LogP contribution in [0.2, 0.25) is 5.02 Å². The average Bonchev–Trinajstić information content (AvgIpc) is 2.45. The SMILES string of the molecule is Nc1ccc(C(=O)N2CCC3(O)CCCCC3C2)c(Cl)c1. The van der Waals surface area contributed by atoms with Crippen LogP contribution in [0.5, 0.6) is 0 Å². The molecule has 3 rings (SSSR count). The zero-order valence-electron chi connectivity index (χ0n) is 12.0. The average molecular weight is 309 g/mol. The normalized spacial score (nSPS) is 29.0. The minimum absolute atomic E-state index is 0.0624. The Kier molecular flexibility index (Phi) is 3.84. The van der Waals surface area contributed by atoms with Crippen LogP contribution < -0.4 is 5.73 Å². The number of fused-ring (bicyclic) bond motifs is 1. The summed E-state index contributed by atoms with van der Waals surface area (Å²) in [7, 11) is 0. The second-order valence-electron chi connectivity index (χ2n) is 6.29. The Morgan fingerprint density at radius 3 is 2.95 bits per heavy atom. The number of carbonyl (C=O) groups is 1. The van der Waals surface area contributed by atoms with Gasteiger partial charge in [-0.25, -0.2) is 0 Å². The van der Waals surface area contributed by atoms with Gasteiger partial charge in [-0.1, -0.05) is 24.4 Å². The fourth-order valence-corrected chi connectivity index (χ4v) is 3.90. The summed E-state index contributed by atoms with van der Waals surface area (Å²) in [6.07, 6.45) is 4.75. The molecule has 2 aliphatic rings. The third-order valence-corrected chi connectivity index (χ3v) is 5.25. The standard InChI is InChI=1S/C16H21ClN2O2/c17-14-9-12(18)4-5-13(14)15(20)19-8-7-16(21)6-2-1-3-11(16)10-19/h4-5,9,11,21H,1-3,6-8,10,18H2. The molecule has 0 bridgehead atoms. The van der Waals surface area contributed by atoms with Gasteiger partial charge in [-0.2, -0.15) is 0 Å². The van der Waals surface area contributed by atoms with Gasteiger partial charge in [-0.3, -0.25) is 4.79 Å². The van der Waals surface area contributed by atoms with Gasteiger partial charge in [0.05, 0.1) is 16.2 Å². The topological polar surface area (TPSA) is 66.6 Å². The lowest BCUT2D eigenvalue weighted by molar-refractivity contribution is -0.0886. The Bertz CT molecular complexity index is 563. The molecule has 114 valence electrons. The third kappa shape index (κ3) is 2.74. The van der Waals surface area contributed by atoms with E-state index in [0.717, 1.165) is 25.7 Å². The first-order chi connectivity index (χ1) is 9.99. The highest BCUT2D eigenvalue weighted by atomic mass is 35.5. The number of benzene rings is 1. The van der Waals surface area contributed by atoms with Crippen molar-refractivity contribution < 1.29 is 9.90 Å². The van der Waals surface area contributed by atoms with Crippen molar-refractivity contribution in [3.8, 4) is 0 Å². The molecule has 1 aromatic rings. The fourth-order valence-electron chi connectivity index (χ4n) is 3.63. The van der Waals surface area contributed by atoms with Crippen molar-refractivity contribution in [2.24, 2.45) is 5.92 Å². The highest BCUT2D eigenvalue weighted by molar-refractivity contribution is 6.34. The van der Waals surface area contributed by atoms with E-state index in [4.69, 9.17) is 17.3 Å². The lowest BCUT2D eigenvalue weighted by Crippen LogP contribution is -2.54. The van der Waals surface area contributed by atoms with Gasteiger partial charge in [0.25, 0.3) is 5.91 Å². The number of aliphatic hydroxyl groups is 1. The van der Waals surface area contributed by atoms with E-state index in [2.05, 4.69) is 0 Å². The van der Waals surface area contributed by atoms with Crippen molar-refractivity contribution in [1.82, 2.24) is 4.90 Å². The lowest BCUT2D eigenvalue weighted by atomic mass is 9.71. The molecule has 21 heavy (non-hydrogen) atoms. The number of likely N-dealkylation sites (tertiary alicyclic amines) is 1. The Labute approximate surface area is 129 Å². The van der Waals surface area contributed by atoms with Crippen molar-refractivity contribution in [1.29, 1.82) is 0 Å². The number of nitrogens with zero attached hydrogens (tertiary/aromatic N) is 1. The molecular weight excluding hydrogens is 288 g/mol. The number of carbonyl (C=O) groups excluding carboxylic acids is 1. The molecule has 3 N–H and O–H groups in total. The number of rotatable bonds is 1. The first kappa shape index (κ1) is 14.7. The molecule has 0 spiro atoms. The molecule has 1 saturated heterocycles. The second kappa shape index (κ2) is 5.50. The van der Waals surface area contributed by atoms with Crippen LogP contribution in [0.3, 0.4) is 0 Å². The number of nitrogens with two attached hydrogens (primary N) is 1. The fraction of sp³-hybridized carbons (Fsp3) is 0.562. The molecule has 5 heteroatoms. The van der Waals surface area contributed by atoms with Gasteiger partial charge < -0.3 is 15.7 Å². The largest absolute Gasteiger partial charge is 0.399 e. The molecular formula is C16H21ClN2O2. The summed E-state index contributed by atoms with van der Waals surface area (Å²) in [5, 5.41) is 11.1. The van der Waals surface area contributed by atoms with Gasteiger partial charge in [0, 0.05) is 24.7 Å². The Balaban J connectivity index is 1.77. The van der Waals surface area contributed by atoms with E-state index in [1.165, 1.54) is 0 Å². The molecule has 1 saturated carbocycles. The van der Waals surface area contributed by atoms with Crippen molar-refractivity contribution in [2.45, 2.75) is 37.7 Å². The molecule has 4 nitrogen and oxygen atoms in total. The van der Waals surface area contributed by atoms with E-state index < -0.39 is 5.60 Å². The number of hydrogen-bond acceptors (Lipinski definition) is 3. The van der Waals surface area contributed by atoms with Crippen molar-refractivity contribution >= 4 is 23.2 Å². The highest BCUT2D eigenvalue weighted by Gasteiger charge is 2.43. The van der Waals surface area contributed by atoms with E-state index in [1.54, 1.807) is 18.2 Å². The molecule has 0 aromatic heterocycles. The van der Waals surface area contributed by atoms with Gasteiger partial charge >= 0.3 is 0 Å². The first-order valence-corrected chi connectivity index (χ1v) is 7.94. The molecule has 2 fully saturated rings. The first-order valence-electron chi connectivity index (χ1n) is 7.56. The predicted molar refractivity (Wildman–Crippen MR) is 83.3 cm³/mol. The van der Waals surface area contributed by atoms with E-state index in [9.17, 15) is 9.90 Å². The third-order valence-electron chi connectivity index (χ3n) is 4.94. The zero-order valence-corrected chi connectivity index (χ0v) is 12.8. The van der Waals surface area contributed by atoms with Crippen LogP contribution in [0.4, 0.5) is 5.69 Å². The van der Waals surface area contributed by atoms with Crippen molar-refractivity contribution in [3.63, 3.8) is 0 Å². The Hall–Kier alpha value is -1.26. The minimum Gasteiger partial charge on any atom is -0.399 e. The summed E-state index contributed by atoms with van der Waals surface area (Å²) in [5.74, 6) is 0.129. The van der Waals surface area contributed by atoms with Gasteiger partial charge in [-0.15, -0.1) is 0 Å². The molecule has 1 aliphatic carbocycles. The summed E-state index contributed by atoms with van der Waals surface area (Å²) < 4.78 is 0. The minimum atomic E-state index is -0.570. The lowest BCUT2D eigenvalue weighted by Gasteiger charge is -2.47. The Morgan fingerprint density at radius 2 is 2.19 bits per heavy atom. The van der Waals surface area contributed by atoms with E-state index in [1.807, 2.05) is 4.90 Å². The van der Waals surface area contributed by atoms with Gasteiger partial charge in [0.1, 0.15) is 0 Å². The van der Waals surface area contributed by atoms with Crippen molar-refractivity contribution in [3.05, 3.63) is 28.8 Å². The summed E-state index contributed by atoms with van der Waals surface area (Å²) in [5.41, 5.74) is 6.14. The van der Waals surface area contributed by atoms with Crippen LogP contribution in [0.1, 0.15) is 42.5 Å². The van der Waals surface area contributed by atoms with Crippen LogP contribution in [0.25, 0.3) is 0 Å². The van der Waals surface area contributed by atoms with Crippen LogP contribution in [0, 0.1) is 5.92 Å². The predicted octanol–water partition coefficient (Wildman–Crippen LogP) is 2.69. The van der Waals surface area contributed by atoms with Crippen LogP contribution >= 0.6 is 11.6 Å². The smallest absolute Gasteiger partial charge is 0.255 e. The summed E-state index contributed by atoms with van der Waals surface area (Å²) in [6.45, 7) is 1.21. The summed E-state index contributed by atoms with van der Waals surface area (Å²) in [4.78, 5) is 14.5. The number of hydrogen-bond donors (Lipinski definition) is 2. The number of nitrogen functional groups attached to an aromatic ring is 1. The molecule has 1 amide bonds.